The fourth-order valence-electron chi connectivity index (χ4n) is 3.07. The maximum atomic E-state index is 6.73. The lowest BCUT2D eigenvalue weighted by Crippen LogP contribution is -2.56. The van der Waals surface area contributed by atoms with Crippen molar-refractivity contribution in [3.63, 3.8) is 0 Å². The number of ether oxygens (including phenoxy) is 2. The van der Waals surface area contributed by atoms with Crippen molar-refractivity contribution in [3.8, 4) is 11.8 Å². The molecule has 0 spiro atoms. The van der Waals surface area contributed by atoms with Gasteiger partial charge >= 0.3 is 0 Å². The highest BCUT2D eigenvalue weighted by molar-refractivity contribution is 6.74. The lowest BCUT2D eigenvalue weighted by Gasteiger charge is -2.46. The molecule has 1 saturated heterocycles. The molecule has 3 nitrogen and oxygen atoms in total. The Balaban J connectivity index is 2.78. The molecule has 1 aliphatic heterocycles. The minimum atomic E-state index is -1.92. The minimum absolute atomic E-state index is 0.0433. The minimum Gasteiger partial charge on any atom is -0.408 e. The third-order valence-corrected chi connectivity index (χ3v) is 10.4. The molecule has 1 fully saturated rings. The van der Waals surface area contributed by atoms with E-state index in [-0.39, 0.29) is 23.4 Å². The molecule has 4 heteroatoms. The molecule has 0 unspecified atom stereocenters. The molecule has 1 rings (SSSR count). The van der Waals surface area contributed by atoms with Gasteiger partial charge in [-0.15, -0.1) is 5.92 Å². The summed E-state index contributed by atoms with van der Waals surface area (Å²) in [7, 11) is -0.134. The summed E-state index contributed by atoms with van der Waals surface area (Å²) in [5, 5.41) is 0.156. The van der Waals surface area contributed by atoms with E-state index in [4.69, 9.17) is 13.9 Å². The predicted molar refractivity (Wildman–Crippen MR) is 113 cm³/mol. The largest absolute Gasteiger partial charge is 0.408 e. The standard InChI is InChI=1S/C22H42O3Si/c1-9-10-11-12-13-14-15-16-19-21(20(23-6)18(2)17-24-19)25-26(7,8)22(3,4)5/h18-21H,9-14,17H2,1-8H3/t18-,19-,20-,21-/m0/s1. The van der Waals surface area contributed by atoms with Gasteiger partial charge in [-0.1, -0.05) is 66.2 Å². The van der Waals surface area contributed by atoms with E-state index in [0.29, 0.717) is 12.5 Å². The lowest BCUT2D eigenvalue weighted by atomic mass is 9.93. The van der Waals surface area contributed by atoms with Crippen LogP contribution in [0.4, 0.5) is 0 Å². The highest BCUT2D eigenvalue weighted by Crippen LogP contribution is 2.39. The zero-order chi connectivity index (χ0) is 19.8. The summed E-state index contributed by atoms with van der Waals surface area (Å²) in [4.78, 5) is 0. The Morgan fingerprint density at radius 1 is 1.08 bits per heavy atom. The van der Waals surface area contributed by atoms with Crippen LogP contribution >= 0.6 is 0 Å². The number of unbranched alkanes of at least 4 members (excludes halogenated alkanes) is 5. The van der Waals surface area contributed by atoms with Gasteiger partial charge < -0.3 is 13.9 Å². The van der Waals surface area contributed by atoms with Crippen LogP contribution in [0.25, 0.3) is 0 Å². The van der Waals surface area contributed by atoms with E-state index >= 15 is 0 Å². The predicted octanol–water partition coefficient (Wildman–Crippen LogP) is 5.79. The van der Waals surface area contributed by atoms with Gasteiger partial charge in [0.1, 0.15) is 12.2 Å². The van der Waals surface area contributed by atoms with Crippen molar-refractivity contribution in [2.45, 2.75) is 110 Å². The Kier molecular flexibility index (Phi) is 9.89. The average molecular weight is 383 g/mol. The van der Waals surface area contributed by atoms with Gasteiger partial charge in [0.25, 0.3) is 0 Å². The van der Waals surface area contributed by atoms with Crippen LogP contribution in [0, 0.1) is 17.8 Å². The number of rotatable bonds is 8. The number of hydrogen-bond acceptors (Lipinski definition) is 3. The number of hydrogen-bond donors (Lipinski definition) is 0. The molecule has 0 bridgehead atoms. The summed E-state index contributed by atoms with van der Waals surface area (Å²) in [6.45, 7) is 16.5. The first-order valence-corrected chi connectivity index (χ1v) is 13.4. The van der Waals surface area contributed by atoms with Crippen molar-refractivity contribution < 1.29 is 13.9 Å². The monoisotopic (exact) mass is 382 g/mol. The maximum absolute atomic E-state index is 6.73. The van der Waals surface area contributed by atoms with Crippen LogP contribution in [0.1, 0.15) is 73.1 Å². The fraction of sp³-hybridized carbons (Fsp3) is 0.909. The van der Waals surface area contributed by atoms with Gasteiger partial charge in [0, 0.05) is 19.4 Å². The Labute approximate surface area is 163 Å². The molecule has 0 amide bonds. The van der Waals surface area contributed by atoms with E-state index in [2.05, 4.69) is 59.6 Å². The SMILES string of the molecule is CCCCCCCC#C[C@@H]1OC[C@H](C)[C@H](OC)[C@H]1O[Si](C)(C)C(C)(C)C. The lowest BCUT2D eigenvalue weighted by molar-refractivity contribution is -0.146. The van der Waals surface area contributed by atoms with Crippen LogP contribution in [-0.4, -0.2) is 40.3 Å². The topological polar surface area (TPSA) is 27.7 Å². The van der Waals surface area contributed by atoms with Crippen LogP contribution < -0.4 is 0 Å². The molecule has 0 aromatic carbocycles. The molecule has 152 valence electrons. The third-order valence-electron chi connectivity index (χ3n) is 5.88. The molecule has 0 radical (unpaired) electrons. The van der Waals surface area contributed by atoms with Crippen LogP contribution in [-0.2, 0) is 13.9 Å². The molecule has 1 aliphatic rings. The third kappa shape index (κ3) is 7.00. The fourth-order valence-corrected chi connectivity index (χ4v) is 4.36. The van der Waals surface area contributed by atoms with Crippen LogP contribution in [0.2, 0.25) is 18.1 Å². The van der Waals surface area contributed by atoms with E-state index in [0.717, 1.165) is 6.42 Å². The highest BCUT2D eigenvalue weighted by atomic mass is 28.4. The van der Waals surface area contributed by atoms with Crippen LogP contribution in [0.5, 0.6) is 0 Å². The molecule has 1 heterocycles. The summed E-state index contributed by atoms with van der Waals surface area (Å²) in [5.41, 5.74) is 0. The second-order valence-corrected chi connectivity index (χ2v) is 14.0. The van der Waals surface area contributed by atoms with Crippen molar-refractivity contribution >= 4 is 8.32 Å². The molecular weight excluding hydrogens is 340 g/mol. The molecule has 0 saturated carbocycles. The molecule has 4 atom stereocenters. The maximum Gasteiger partial charge on any atom is 0.192 e. The van der Waals surface area contributed by atoms with Crippen molar-refractivity contribution in [1.82, 2.24) is 0 Å². The van der Waals surface area contributed by atoms with E-state index in [1.807, 2.05) is 0 Å². The Morgan fingerprint density at radius 2 is 1.73 bits per heavy atom. The first-order valence-electron chi connectivity index (χ1n) is 10.4. The Morgan fingerprint density at radius 3 is 2.31 bits per heavy atom. The van der Waals surface area contributed by atoms with Gasteiger partial charge in [0.15, 0.2) is 8.32 Å². The molecule has 0 aromatic rings. The Hall–Kier alpha value is -0.343. The first kappa shape index (κ1) is 23.7. The summed E-state index contributed by atoms with van der Waals surface area (Å²) >= 11 is 0. The first-order chi connectivity index (χ1) is 12.1. The second-order valence-electron chi connectivity index (χ2n) is 9.26. The smallest absolute Gasteiger partial charge is 0.192 e. The van der Waals surface area contributed by atoms with Gasteiger partial charge in [-0.2, -0.15) is 0 Å². The average Bonchev–Trinajstić information content (AvgIpc) is 2.54. The van der Waals surface area contributed by atoms with Crippen molar-refractivity contribution in [2.75, 3.05) is 13.7 Å². The molecule has 26 heavy (non-hydrogen) atoms. The van der Waals surface area contributed by atoms with Crippen molar-refractivity contribution in [2.24, 2.45) is 5.92 Å². The summed E-state index contributed by atoms with van der Waals surface area (Å²) in [5.74, 6) is 7.04. The highest BCUT2D eigenvalue weighted by Gasteiger charge is 2.46. The zero-order valence-corrected chi connectivity index (χ0v) is 19.5. The van der Waals surface area contributed by atoms with Crippen molar-refractivity contribution in [3.05, 3.63) is 0 Å². The van der Waals surface area contributed by atoms with E-state index < -0.39 is 8.32 Å². The van der Waals surface area contributed by atoms with Gasteiger partial charge in [-0.3, -0.25) is 0 Å². The molecule has 0 aliphatic carbocycles. The number of methoxy groups -OCH3 is 1. The molecule has 0 aromatic heterocycles. The summed E-state index contributed by atoms with van der Waals surface area (Å²) in [6.07, 6.45) is 7.09. The van der Waals surface area contributed by atoms with E-state index in [1.165, 1.54) is 32.1 Å². The van der Waals surface area contributed by atoms with Crippen LogP contribution in [0.15, 0.2) is 0 Å². The summed E-state index contributed by atoms with van der Waals surface area (Å²) < 4.78 is 18.6. The van der Waals surface area contributed by atoms with Gasteiger partial charge in [-0.05, 0) is 24.6 Å². The van der Waals surface area contributed by atoms with Crippen molar-refractivity contribution in [1.29, 1.82) is 0 Å². The van der Waals surface area contributed by atoms with Gasteiger partial charge in [0.2, 0.25) is 0 Å². The van der Waals surface area contributed by atoms with E-state index in [1.54, 1.807) is 7.11 Å². The van der Waals surface area contributed by atoms with Gasteiger partial charge in [-0.25, -0.2) is 0 Å². The van der Waals surface area contributed by atoms with Gasteiger partial charge in [0.05, 0.1) is 12.7 Å². The Bertz CT molecular complexity index is 458. The molecule has 0 N–H and O–H groups in total. The summed E-state index contributed by atoms with van der Waals surface area (Å²) in [6, 6.07) is 0. The zero-order valence-electron chi connectivity index (χ0n) is 18.5. The van der Waals surface area contributed by atoms with E-state index in [9.17, 15) is 0 Å². The quantitative estimate of drug-likeness (QED) is 0.302. The second kappa shape index (κ2) is 10.9. The molecular formula is C22H42O3Si. The normalized spacial score (nSPS) is 27.1. The van der Waals surface area contributed by atoms with Crippen LogP contribution in [0.3, 0.4) is 0 Å².